The lowest BCUT2D eigenvalue weighted by Crippen LogP contribution is -2.51. The Morgan fingerprint density at radius 1 is 1.37 bits per heavy atom. The molecule has 2 rings (SSSR count). The molecule has 0 bridgehead atoms. The van der Waals surface area contributed by atoms with Crippen LogP contribution >= 0.6 is 12.4 Å². The van der Waals surface area contributed by atoms with E-state index in [4.69, 9.17) is 5.73 Å². The van der Waals surface area contributed by atoms with Gasteiger partial charge in [0.2, 0.25) is 5.91 Å². The summed E-state index contributed by atoms with van der Waals surface area (Å²) < 4.78 is 0. The van der Waals surface area contributed by atoms with Crippen LogP contribution in [0.25, 0.3) is 0 Å². The van der Waals surface area contributed by atoms with Gasteiger partial charge < -0.3 is 10.6 Å². The standard InChI is InChI=1S/C15H22N2O.ClH/c1-12-6-5-9-17(14(12)11-16)15(18)10-13-7-3-2-4-8-13;/h2-4,7-8,12,14H,5-6,9-11,16H2,1H3;1H. The van der Waals surface area contributed by atoms with E-state index < -0.39 is 0 Å². The van der Waals surface area contributed by atoms with E-state index in [0.29, 0.717) is 18.9 Å². The Bertz CT molecular complexity index is 396. The van der Waals surface area contributed by atoms with Gasteiger partial charge in [-0.3, -0.25) is 4.79 Å². The van der Waals surface area contributed by atoms with E-state index >= 15 is 0 Å². The second-order valence-corrected chi connectivity index (χ2v) is 5.17. The zero-order chi connectivity index (χ0) is 13.0. The molecule has 2 atom stereocenters. The summed E-state index contributed by atoms with van der Waals surface area (Å²) in [7, 11) is 0. The predicted molar refractivity (Wildman–Crippen MR) is 80.3 cm³/mol. The molecule has 1 saturated heterocycles. The van der Waals surface area contributed by atoms with Crippen LogP contribution in [0.3, 0.4) is 0 Å². The Kier molecular flexibility index (Phi) is 6.32. The number of benzene rings is 1. The molecule has 1 fully saturated rings. The number of piperidine rings is 1. The normalized spacial score (nSPS) is 22.7. The van der Waals surface area contributed by atoms with E-state index in [1.54, 1.807) is 0 Å². The molecule has 1 heterocycles. The van der Waals surface area contributed by atoms with Gasteiger partial charge in [-0.1, -0.05) is 37.3 Å². The molecule has 1 amide bonds. The summed E-state index contributed by atoms with van der Waals surface area (Å²) in [5.74, 6) is 0.728. The summed E-state index contributed by atoms with van der Waals surface area (Å²) in [5.41, 5.74) is 6.90. The van der Waals surface area contributed by atoms with E-state index in [0.717, 1.165) is 18.5 Å². The van der Waals surface area contributed by atoms with Gasteiger partial charge in [0.15, 0.2) is 0 Å². The minimum absolute atomic E-state index is 0. The minimum Gasteiger partial charge on any atom is -0.338 e. The van der Waals surface area contributed by atoms with Crippen molar-refractivity contribution in [3.63, 3.8) is 0 Å². The molecule has 0 aliphatic carbocycles. The molecule has 2 N–H and O–H groups in total. The average Bonchev–Trinajstić information content (AvgIpc) is 2.39. The van der Waals surface area contributed by atoms with Gasteiger partial charge in [-0.15, -0.1) is 12.4 Å². The molecule has 106 valence electrons. The maximum atomic E-state index is 12.4. The fraction of sp³-hybridized carbons (Fsp3) is 0.533. The van der Waals surface area contributed by atoms with Crippen molar-refractivity contribution in [2.24, 2.45) is 11.7 Å². The molecule has 1 aliphatic heterocycles. The van der Waals surface area contributed by atoms with Gasteiger partial charge in [0, 0.05) is 19.1 Å². The second-order valence-electron chi connectivity index (χ2n) is 5.17. The molecule has 0 spiro atoms. The number of hydrogen-bond acceptors (Lipinski definition) is 2. The number of halogens is 1. The smallest absolute Gasteiger partial charge is 0.227 e. The highest BCUT2D eigenvalue weighted by Gasteiger charge is 2.30. The van der Waals surface area contributed by atoms with Gasteiger partial charge in [0.1, 0.15) is 0 Å². The van der Waals surface area contributed by atoms with Crippen LogP contribution in [0, 0.1) is 5.92 Å². The quantitative estimate of drug-likeness (QED) is 0.924. The Morgan fingerprint density at radius 3 is 2.68 bits per heavy atom. The fourth-order valence-electron chi connectivity index (χ4n) is 2.79. The van der Waals surface area contributed by atoms with E-state index in [2.05, 4.69) is 6.92 Å². The van der Waals surface area contributed by atoms with Gasteiger partial charge in [-0.2, -0.15) is 0 Å². The molecule has 1 aliphatic rings. The second kappa shape index (κ2) is 7.51. The lowest BCUT2D eigenvalue weighted by molar-refractivity contribution is -0.135. The molecule has 2 unspecified atom stereocenters. The number of amides is 1. The number of nitrogens with two attached hydrogens (primary N) is 1. The summed E-state index contributed by atoms with van der Waals surface area (Å²) in [5, 5.41) is 0. The fourth-order valence-corrected chi connectivity index (χ4v) is 2.79. The van der Waals surface area contributed by atoms with Crippen molar-refractivity contribution in [2.45, 2.75) is 32.2 Å². The first kappa shape index (κ1) is 16.0. The van der Waals surface area contributed by atoms with Crippen molar-refractivity contribution >= 4 is 18.3 Å². The summed E-state index contributed by atoms with van der Waals surface area (Å²) in [6.07, 6.45) is 2.76. The van der Waals surface area contributed by atoms with Crippen LogP contribution in [0.4, 0.5) is 0 Å². The average molecular weight is 283 g/mol. The largest absolute Gasteiger partial charge is 0.338 e. The third-order valence-electron chi connectivity index (χ3n) is 3.88. The molecule has 1 aromatic carbocycles. The SMILES string of the molecule is CC1CCCN(C(=O)Cc2ccccc2)C1CN.Cl. The lowest BCUT2D eigenvalue weighted by atomic mass is 9.90. The highest BCUT2D eigenvalue weighted by molar-refractivity contribution is 5.85. The first-order valence-electron chi connectivity index (χ1n) is 6.76. The zero-order valence-electron chi connectivity index (χ0n) is 11.4. The minimum atomic E-state index is 0. The van der Waals surface area contributed by atoms with Crippen molar-refractivity contribution in [3.05, 3.63) is 35.9 Å². The van der Waals surface area contributed by atoms with Crippen molar-refractivity contribution in [2.75, 3.05) is 13.1 Å². The molecule has 0 saturated carbocycles. The van der Waals surface area contributed by atoms with Crippen LogP contribution in [0.1, 0.15) is 25.3 Å². The molecule has 1 aromatic rings. The monoisotopic (exact) mass is 282 g/mol. The van der Waals surface area contributed by atoms with Crippen LogP contribution in [0.2, 0.25) is 0 Å². The Morgan fingerprint density at radius 2 is 2.05 bits per heavy atom. The summed E-state index contributed by atoms with van der Waals surface area (Å²) in [6, 6.07) is 10.1. The number of hydrogen-bond donors (Lipinski definition) is 1. The lowest BCUT2D eigenvalue weighted by Gasteiger charge is -2.39. The van der Waals surface area contributed by atoms with Crippen LogP contribution < -0.4 is 5.73 Å². The number of likely N-dealkylation sites (tertiary alicyclic amines) is 1. The van der Waals surface area contributed by atoms with E-state index in [1.807, 2.05) is 35.2 Å². The number of nitrogens with zero attached hydrogens (tertiary/aromatic N) is 1. The van der Waals surface area contributed by atoms with Crippen molar-refractivity contribution in [1.29, 1.82) is 0 Å². The van der Waals surface area contributed by atoms with Gasteiger partial charge in [0.05, 0.1) is 6.42 Å². The third-order valence-corrected chi connectivity index (χ3v) is 3.88. The van der Waals surface area contributed by atoms with Crippen molar-refractivity contribution in [3.8, 4) is 0 Å². The van der Waals surface area contributed by atoms with Gasteiger partial charge >= 0.3 is 0 Å². The molecule has 3 nitrogen and oxygen atoms in total. The van der Waals surface area contributed by atoms with Crippen molar-refractivity contribution < 1.29 is 4.79 Å². The number of rotatable bonds is 3. The van der Waals surface area contributed by atoms with Crippen LogP contribution in [-0.4, -0.2) is 29.9 Å². The first-order chi connectivity index (χ1) is 8.72. The zero-order valence-corrected chi connectivity index (χ0v) is 12.2. The Labute approximate surface area is 121 Å². The Hall–Kier alpha value is -1.06. The van der Waals surface area contributed by atoms with Gasteiger partial charge in [-0.25, -0.2) is 0 Å². The molecule has 19 heavy (non-hydrogen) atoms. The van der Waals surface area contributed by atoms with Crippen molar-refractivity contribution in [1.82, 2.24) is 4.90 Å². The summed E-state index contributed by atoms with van der Waals surface area (Å²) >= 11 is 0. The van der Waals surface area contributed by atoms with E-state index in [1.165, 1.54) is 6.42 Å². The number of carbonyl (C=O) groups excluding carboxylic acids is 1. The topological polar surface area (TPSA) is 46.3 Å². The molecule has 0 aromatic heterocycles. The van der Waals surface area contributed by atoms with Gasteiger partial charge in [0.25, 0.3) is 0 Å². The molecular weight excluding hydrogens is 260 g/mol. The maximum absolute atomic E-state index is 12.4. The Balaban J connectivity index is 0.00000180. The van der Waals surface area contributed by atoms with E-state index in [-0.39, 0.29) is 24.4 Å². The predicted octanol–water partition coefficient (Wildman–Crippen LogP) is 2.24. The molecular formula is C15H23ClN2O. The van der Waals surface area contributed by atoms with Crippen LogP contribution in [0.5, 0.6) is 0 Å². The number of carbonyl (C=O) groups is 1. The van der Waals surface area contributed by atoms with Gasteiger partial charge in [-0.05, 0) is 24.3 Å². The highest BCUT2D eigenvalue weighted by atomic mass is 35.5. The highest BCUT2D eigenvalue weighted by Crippen LogP contribution is 2.23. The van der Waals surface area contributed by atoms with Crippen LogP contribution in [0.15, 0.2) is 30.3 Å². The summed E-state index contributed by atoms with van der Waals surface area (Å²) in [6.45, 7) is 3.62. The third kappa shape index (κ3) is 3.95. The maximum Gasteiger partial charge on any atom is 0.227 e. The first-order valence-corrected chi connectivity index (χ1v) is 6.76. The molecule has 4 heteroatoms. The van der Waals surface area contributed by atoms with E-state index in [9.17, 15) is 4.79 Å². The molecule has 0 radical (unpaired) electrons. The van der Waals surface area contributed by atoms with Crippen LogP contribution in [-0.2, 0) is 11.2 Å². The summed E-state index contributed by atoms with van der Waals surface area (Å²) in [4.78, 5) is 14.3.